The van der Waals surface area contributed by atoms with Crippen molar-refractivity contribution in [1.82, 2.24) is 20.4 Å². The summed E-state index contributed by atoms with van der Waals surface area (Å²) in [6, 6.07) is 6.32. The van der Waals surface area contributed by atoms with Gasteiger partial charge in [-0.1, -0.05) is 36.4 Å². The molecule has 136 valence electrons. The number of nitrogens with zero attached hydrogens (tertiary/aromatic N) is 2. The molecule has 2 N–H and O–H groups in total. The van der Waals surface area contributed by atoms with Gasteiger partial charge < -0.3 is 5.32 Å². The second-order valence-electron chi connectivity index (χ2n) is 5.48. The van der Waals surface area contributed by atoms with Crippen LogP contribution in [0.2, 0.25) is 0 Å². The van der Waals surface area contributed by atoms with Gasteiger partial charge in [0.05, 0.1) is 6.04 Å². The van der Waals surface area contributed by atoms with E-state index < -0.39 is 42.4 Å². The third-order valence-electron chi connectivity index (χ3n) is 3.71. The Morgan fingerprint density at radius 2 is 1.81 bits per heavy atom. The predicted molar refractivity (Wildman–Crippen MR) is 90.6 cm³/mol. The van der Waals surface area contributed by atoms with Gasteiger partial charge in [-0.25, -0.2) is 19.4 Å². The van der Waals surface area contributed by atoms with E-state index in [4.69, 9.17) is 0 Å². The van der Waals surface area contributed by atoms with E-state index in [1.165, 1.54) is 6.08 Å². The molecule has 1 heterocycles. The minimum atomic E-state index is -1.11. The van der Waals surface area contributed by atoms with E-state index in [2.05, 4.69) is 11.9 Å². The molecule has 1 aromatic rings. The highest BCUT2D eigenvalue weighted by Gasteiger charge is 2.47. The van der Waals surface area contributed by atoms with E-state index in [0.29, 0.717) is 10.5 Å². The molecule has 9 nitrogen and oxygen atoms in total. The monoisotopic (exact) mass is 358 g/mol. The summed E-state index contributed by atoms with van der Waals surface area (Å²) in [5.41, 5.74) is 0.664. The number of benzene rings is 1. The lowest BCUT2D eigenvalue weighted by molar-refractivity contribution is -0.144. The van der Waals surface area contributed by atoms with Crippen LogP contribution in [0.1, 0.15) is 18.5 Å². The Kier molecular flexibility index (Phi) is 5.84. The van der Waals surface area contributed by atoms with Crippen LogP contribution in [0.5, 0.6) is 0 Å². The molecule has 0 spiro atoms. The molecular formula is C17H18N4O5. The van der Waals surface area contributed by atoms with Gasteiger partial charge in [0.2, 0.25) is 5.91 Å². The molecule has 1 aliphatic heterocycles. The number of imide groups is 3. The molecule has 0 bridgehead atoms. The topological polar surface area (TPSA) is 116 Å². The molecular weight excluding hydrogens is 340 g/mol. The molecule has 0 aliphatic carbocycles. The number of hydrogen-bond acceptors (Lipinski definition) is 5. The molecule has 1 fully saturated rings. The van der Waals surface area contributed by atoms with Crippen LogP contribution in [0, 0.1) is 0 Å². The highest BCUT2D eigenvalue weighted by molar-refractivity contribution is 6.45. The maximum absolute atomic E-state index is 12.5. The highest BCUT2D eigenvalue weighted by Crippen LogP contribution is 2.25. The van der Waals surface area contributed by atoms with Crippen LogP contribution in [0.15, 0.2) is 43.0 Å². The standard InChI is InChI=1S/C17H18N4O5/c1-3-9-18-16(25)19-13(22)10-20-14(23)15(24)21(17(20)26)11(2)12-7-5-4-6-8-12/h3-8,11H,1,9-10H2,2H3,(H2,18,19,22,25). The number of carbonyl (C=O) groups is 5. The van der Waals surface area contributed by atoms with Crippen LogP contribution in [-0.2, 0) is 14.4 Å². The molecule has 0 saturated carbocycles. The second-order valence-corrected chi connectivity index (χ2v) is 5.48. The lowest BCUT2D eigenvalue weighted by Gasteiger charge is -2.22. The van der Waals surface area contributed by atoms with E-state index in [1.807, 2.05) is 5.32 Å². The summed E-state index contributed by atoms with van der Waals surface area (Å²) in [7, 11) is 0. The van der Waals surface area contributed by atoms with Crippen LogP contribution in [-0.4, -0.2) is 52.7 Å². The smallest absolute Gasteiger partial charge is 0.334 e. The summed E-state index contributed by atoms with van der Waals surface area (Å²) in [4.78, 5) is 61.3. The number of urea groups is 2. The maximum atomic E-state index is 12.5. The molecule has 1 saturated heterocycles. The Balaban J connectivity index is 2.07. The van der Waals surface area contributed by atoms with Gasteiger partial charge in [0.1, 0.15) is 6.54 Å². The number of amides is 7. The van der Waals surface area contributed by atoms with Crippen LogP contribution >= 0.6 is 0 Å². The fourth-order valence-electron chi connectivity index (χ4n) is 2.40. The van der Waals surface area contributed by atoms with Gasteiger partial charge in [0.25, 0.3) is 0 Å². The zero-order chi connectivity index (χ0) is 19.3. The Hall–Kier alpha value is -3.49. The first-order valence-electron chi connectivity index (χ1n) is 7.79. The molecule has 2 rings (SSSR count). The summed E-state index contributed by atoms with van der Waals surface area (Å²) < 4.78 is 0. The zero-order valence-corrected chi connectivity index (χ0v) is 14.1. The highest BCUT2D eigenvalue weighted by atomic mass is 16.2. The van der Waals surface area contributed by atoms with Gasteiger partial charge in [0.15, 0.2) is 0 Å². The third kappa shape index (κ3) is 3.94. The fourth-order valence-corrected chi connectivity index (χ4v) is 2.40. The third-order valence-corrected chi connectivity index (χ3v) is 3.71. The fraction of sp³-hybridized carbons (Fsp3) is 0.235. The number of carbonyl (C=O) groups excluding carboxylic acids is 5. The average Bonchev–Trinajstić information content (AvgIpc) is 2.83. The van der Waals surface area contributed by atoms with Crippen molar-refractivity contribution in [1.29, 1.82) is 0 Å². The SMILES string of the molecule is C=CCNC(=O)NC(=O)CN1C(=O)C(=O)N(C(C)c2ccccc2)C1=O. The lowest BCUT2D eigenvalue weighted by atomic mass is 10.1. The molecule has 9 heteroatoms. The summed E-state index contributed by atoms with van der Waals surface area (Å²) in [5, 5.41) is 4.27. The van der Waals surface area contributed by atoms with Crippen LogP contribution in [0.3, 0.4) is 0 Å². The number of rotatable bonds is 6. The van der Waals surface area contributed by atoms with Crippen LogP contribution < -0.4 is 10.6 Å². The van der Waals surface area contributed by atoms with Crippen molar-refractivity contribution in [2.75, 3.05) is 13.1 Å². The Labute approximate surface area is 149 Å². The second kappa shape index (κ2) is 8.06. The minimum Gasteiger partial charge on any atom is -0.334 e. The van der Waals surface area contributed by atoms with Crippen LogP contribution in [0.4, 0.5) is 9.59 Å². The quantitative estimate of drug-likeness (QED) is 0.438. The van der Waals surface area contributed by atoms with Gasteiger partial charge in [-0.2, -0.15) is 0 Å². The summed E-state index contributed by atoms with van der Waals surface area (Å²) in [6.07, 6.45) is 1.42. The molecule has 1 unspecified atom stereocenters. The molecule has 0 radical (unpaired) electrons. The van der Waals surface area contributed by atoms with Crippen molar-refractivity contribution in [2.24, 2.45) is 0 Å². The summed E-state index contributed by atoms with van der Waals surface area (Å²) >= 11 is 0. The average molecular weight is 358 g/mol. The first-order valence-corrected chi connectivity index (χ1v) is 7.79. The molecule has 1 atom stereocenters. The Morgan fingerprint density at radius 1 is 1.15 bits per heavy atom. The Morgan fingerprint density at radius 3 is 2.42 bits per heavy atom. The first-order chi connectivity index (χ1) is 12.4. The van der Waals surface area contributed by atoms with E-state index in [9.17, 15) is 24.0 Å². The van der Waals surface area contributed by atoms with E-state index in [1.54, 1.807) is 37.3 Å². The summed E-state index contributed by atoms with van der Waals surface area (Å²) in [5.74, 6) is -3.02. The number of hydrogen-bond donors (Lipinski definition) is 2. The van der Waals surface area contributed by atoms with Gasteiger partial charge in [0, 0.05) is 6.54 Å². The molecule has 26 heavy (non-hydrogen) atoms. The minimum absolute atomic E-state index is 0.140. The van der Waals surface area contributed by atoms with Crippen molar-refractivity contribution < 1.29 is 24.0 Å². The largest absolute Gasteiger partial charge is 0.335 e. The van der Waals surface area contributed by atoms with Crippen molar-refractivity contribution in [2.45, 2.75) is 13.0 Å². The molecule has 1 aliphatic rings. The Bertz CT molecular complexity index is 762. The van der Waals surface area contributed by atoms with Crippen molar-refractivity contribution in [3.05, 3.63) is 48.6 Å². The maximum Gasteiger partial charge on any atom is 0.335 e. The van der Waals surface area contributed by atoms with Crippen LogP contribution in [0.25, 0.3) is 0 Å². The van der Waals surface area contributed by atoms with E-state index in [-0.39, 0.29) is 6.54 Å². The van der Waals surface area contributed by atoms with Gasteiger partial charge in [-0.3, -0.25) is 19.7 Å². The molecule has 7 amide bonds. The van der Waals surface area contributed by atoms with Crippen molar-refractivity contribution in [3.63, 3.8) is 0 Å². The first kappa shape index (κ1) is 18.8. The summed E-state index contributed by atoms with van der Waals surface area (Å²) in [6.45, 7) is 4.41. The predicted octanol–water partition coefficient (Wildman–Crippen LogP) is 0.550. The van der Waals surface area contributed by atoms with Gasteiger partial charge in [-0.05, 0) is 12.5 Å². The number of nitrogens with one attached hydrogen (secondary N) is 2. The van der Waals surface area contributed by atoms with Gasteiger partial charge >= 0.3 is 23.9 Å². The zero-order valence-electron chi connectivity index (χ0n) is 14.1. The molecule has 1 aromatic carbocycles. The molecule has 0 aromatic heterocycles. The van der Waals surface area contributed by atoms with E-state index in [0.717, 1.165) is 4.90 Å². The van der Waals surface area contributed by atoms with Crippen molar-refractivity contribution >= 4 is 29.8 Å². The van der Waals surface area contributed by atoms with E-state index >= 15 is 0 Å². The lowest BCUT2D eigenvalue weighted by Crippen LogP contribution is -2.46. The van der Waals surface area contributed by atoms with Crippen molar-refractivity contribution in [3.8, 4) is 0 Å². The van der Waals surface area contributed by atoms with Gasteiger partial charge in [-0.15, -0.1) is 6.58 Å². The normalized spacial score (nSPS) is 15.0.